The van der Waals surface area contributed by atoms with E-state index in [1.165, 1.54) is 30.4 Å². The maximum Gasteiger partial charge on any atom is 0.438 e. The van der Waals surface area contributed by atoms with E-state index >= 15 is 0 Å². The van der Waals surface area contributed by atoms with Crippen LogP contribution in [-0.2, 0) is 0 Å². The second-order valence-corrected chi connectivity index (χ2v) is 6.42. The monoisotopic (exact) mass is 398 g/mol. The van der Waals surface area contributed by atoms with Crippen LogP contribution in [0, 0.1) is 0 Å². The summed E-state index contributed by atoms with van der Waals surface area (Å²) in [5, 5.41) is 35.4. The van der Waals surface area contributed by atoms with Crippen molar-refractivity contribution in [3.63, 3.8) is 0 Å². The van der Waals surface area contributed by atoms with Gasteiger partial charge in [-0.1, -0.05) is 30.3 Å². The van der Waals surface area contributed by atoms with Gasteiger partial charge in [-0.15, -0.1) is 17.1 Å². The zero-order chi connectivity index (χ0) is 19.8. The molecule has 142 valence electrons. The molecule has 0 saturated heterocycles. The van der Waals surface area contributed by atoms with Crippen LogP contribution in [0.1, 0.15) is 22.5 Å². The van der Waals surface area contributed by atoms with Crippen LogP contribution >= 0.6 is 11.3 Å². The Kier molecular flexibility index (Phi) is 4.66. The van der Waals surface area contributed by atoms with Crippen LogP contribution in [0.25, 0.3) is 6.08 Å². The van der Waals surface area contributed by atoms with Gasteiger partial charge in [0.2, 0.25) is 5.13 Å². The quantitative estimate of drug-likeness (QED) is 0.819. The minimum Gasteiger partial charge on any atom is -0.872 e. The summed E-state index contributed by atoms with van der Waals surface area (Å²) in [6, 6.07) is 5.91. The molecule has 3 rings (SSSR count). The van der Waals surface area contributed by atoms with Gasteiger partial charge >= 0.3 is 12.1 Å². The van der Waals surface area contributed by atoms with Crippen molar-refractivity contribution in [1.82, 2.24) is 4.98 Å². The van der Waals surface area contributed by atoms with E-state index < -0.39 is 35.1 Å². The van der Waals surface area contributed by atoms with E-state index in [1.54, 1.807) is 6.07 Å². The summed E-state index contributed by atoms with van der Waals surface area (Å²) in [6.45, 7) is 0. The van der Waals surface area contributed by atoms with Gasteiger partial charge in [-0.2, -0.15) is 23.3 Å². The number of carboxylic acids is 1. The van der Waals surface area contributed by atoms with Crippen LogP contribution in [0.3, 0.4) is 0 Å². The fraction of sp³-hybridized carbons (Fsp3) is 0.188. The number of alkyl halides is 3. The van der Waals surface area contributed by atoms with Crippen molar-refractivity contribution < 1.29 is 33.3 Å². The van der Waals surface area contributed by atoms with Gasteiger partial charge in [0.1, 0.15) is 0 Å². The van der Waals surface area contributed by atoms with Gasteiger partial charge in [0.05, 0.1) is 12.1 Å². The second kappa shape index (κ2) is 6.67. The molecule has 0 spiro atoms. The molecule has 1 aliphatic heterocycles. The number of aliphatic hydroxyl groups is 1. The first kappa shape index (κ1) is 18.9. The standard InChI is InChI=1S/C16H12F3N3O4S/c17-16(18,19)15(26)7-10(6-5-9-3-1-2-4-12(9)23)21-22(15)14-20-11(8-27-14)13(24)25/h1-6,8,23,26H,7H2,(H,24,25)/p-1/b6-5+/t15-/m1/s1. The van der Waals surface area contributed by atoms with E-state index in [-0.39, 0.29) is 22.0 Å². The highest BCUT2D eigenvalue weighted by Crippen LogP contribution is 2.43. The largest absolute Gasteiger partial charge is 0.872 e. The molecule has 0 saturated carbocycles. The number of para-hydroxylation sites is 1. The first-order chi connectivity index (χ1) is 12.6. The number of aromatic nitrogens is 1. The minimum absolute atomic E-state index is 0.148. The number of hydrazone groups is 1. The van der Waals surface area contributed by atoms with Crippen molar-refractivity contribution in [1.29, 1.82) is 0 Å². The van der Waals surface area contributed by atoms with Crippen molar-refractivity contribution in [3.8, 4) is 5.75 Å². The number of anilines is 1. The molecular weight excluding hydrogens is 387 g/mol. The van der Waals surface area contributed by atoms with E-state index in [4.69, 9.17) is 5.11 Å². The Morgan fingerprint density at radius 2 is 2.04 bits per heavy atom. The summed E-state index contributed by atoms with van der Waals surface area (Å²) in [5.74, 6) is -1.73. The fourth-order valence-electron chi connectivity index (χ4n) is 2.35. The molecule has 7 nitrogen and oxygen atoms in total. The average molecular weight is 398 g/mol. The number of thiazole rings is 1. The van der Waals surface area contributed by atoms with E-state index in [2.05, 4.69) is 10.1 Å². The van der Waals surface area contributed by atoms with Gasteiger partial charge in [-0.25, -0.2) is 9.78 Å². The van der Waals surface area contributed by atoms with E-state index in [0.29, 0.717) is 11.3 Å². The van der Waals surface area contributed by atoms with E-state index in [0.717, 1.165) is 5.38 Å². The normalized spacial score (nSPS) is 20.3. The number of benzene rings is 1. The van der Waals surface area contributed by atoms with Crippen molar-refractivity contribution >= 4 is 34.2 Å². The van der Waals surface area contributed by atoms with Crippen molar-refractivity contribution in [2.75, 3.05) is 5.01 Å². The van der Waals surface area contributed by atoms with Gasteiger partial charge in [0.25, 0.3) is 5.72 Å². The predicted octanol–water partition coefficient (Wildman–Crippen LogP) is 2.45. The van der Waals surface area contributed by atoms with Crippen LogP contribution in [-0.4, -0.2) is 38.8 Å². The Hall–Kier alpha value is -2.92. The summed E-state index contributed by atoms with van der Waals surface area (Å²) in [5.41, 5.74) is -3.74. The molecule has 1 aromatic carbocycles. The number of allylic oxidation sites excluding steroid dienone is 1. The Balaban J connectivity index is 1.97. The minimum atomic E-state index is -5.09. The molecule has 27 heavy (non-hydrogen) atoms. The van der Waals surface area contributed by atoms with Crippen LogP contribution in [0.4, 0.5) is 18.3 Å². The Morgan fingerprint density at radius 3 is 2.63 bits per heavy atom. The first-order valence-electron chi connectivity index (χ1n) is 7.41. The van der Waals surface area contributed by atoms with E-state index in [1.807, 2.05) is 0 Å². The van der Waals surface area contributed by atoms with Gasteiger partial charge < -0.3 is 15.3 Å². The van der Waals surface area contributed by atoms with Gasteiger partial charge in [-0.3, -0.25) is 0 Å². The number of carbonyl (C=O) groups is 1. The predicted molar refractivity (Wildman–Crippen MR) is 89.5 cm³/mol. The zero-order valence-corrected chi connectivity index (χ0v) is 14.2. The second-order valence-electron chi connectivity index (χ2n) is 5.59. The summed E-state index contributed by atoms with van der Waals surface area (Å²) in [6.07, 6.45) is -3.50. The smallest absolute Gasteiger partial charge is 0.438 e. The number of hydrogen-bond donors (Lipinski definition) is 2. The lowest BCUT2D eigenvalue weighted by atomic mass is 10.1. The average Bonchev–Trinajstić information content (AvgIpc) is 3.19. The number of aromatic carboxylic acids is 1. The lowest BCUT2D eigenvalue weighted by Gasteiger charge is -2.32. The maximum atomic E-state index is 13.5. The maximum absolute atomic E-state index is 13.5. The Labute approximate surface area is 154 Å². The molecule has 2 heterocycles. The van der Waals surface area contributed by atoms with Crippen molar-refractivity contribution in [3.05, 3.63) is 47.0 Å². The topological polar surface area (TPSA) is 109 Å². The molecule has 1 aliphatic rings. The molecule has 11 heteroatoms. The number of nitrogens with zero attached hydrogens (tertiary/aromatic N) is 3. The Bertz CT molecular complexity index is 941. The summed E-state index contributed by atoms with van der Waals surface area (Å²) in [4.78, 5) is 14.5. The molecule has 1 aromatic heterocycles. The number of carboxylic acid groups (broad SMARTS) is 1. The third kappa shape index (κ3) is 3.51. The van der Waals surface area contributed by atoms with Gasteiger partial charge in [0, 0.05) is 5.38 Å². The summed E-state index contributed by atoms with van der Waals surface area (Å²) >= 11 is 0.605. The van der Waals surface area contributed by atoms with Gasteiger partial charge in [-0.05, 0) is 11.6 Å². The van der Waals surface area contributed by atoms with Crippen molar-refractivity contribution in [2.24, 2.45) is 5.10 Å². The molecular formula is C16H11F3N3O4S-. The molecule has 2 N–H and O–H groups in total. The first-order valence-corrected chi connectivity index (χ1v) is 8.29. The molecule has 0 radical (unpaired) electrons. The molecule has 2 aromatic rings. The van der Waals surface area contributed by atoms with Crippen LogP contribution in [0.2, 0.25) is 0 Å². The highest BCUT2D eigenvalue weighted by Gasteiger charge is 2.62. The summed E-state index contributed by atoms with van der Waals surface area (Å²) < 4.78 is 40.4. The molecule has 0 bridgehead atoms. The summed E-state index contributed by atoms with van der Waals surface area (Å²) in [7, 11) is 0. The van der Waals surface area contributed by atoms with Crippen molar-refractivity contribution in [2.45, 2.75) is 18.3 Å². The fourth-order valence-corrected chi connectivity index (χ4v) is 3.16. The molecule has 1 atom stereocenters. The number of hydrogen-bond acceptors (Lipinski definition) is 7. The SMILES string of the molecule is O=C(O)c1csc(N2N=C(/C=C/c3ccccc3[O-])C[C@@]2(O)C(F)(F)F)n1. The molecule has 0 amide bonds. The molecule has 0 aliphatic carbocycles. The number of rotatable bonds is 4. The van der Waals surface area contributed by atoms with Crippen LogP contribution in [0.5, 0.6) is 5.75 Å². The lowest BCUT2D eigenvalue weighted by molar-refractivity contribution is -0.268. The Morgan fingerprint density at radius 1 is 1.33 bits per heavy atom. The van der Waals surface area contributed by atoms with E-state index in [9.17, 15) is 28.2 Å². The zero-order valence-electron chi connectivity index (χ0n) is 13.3. The van der Waals surface area contributed by atoms with Gasteiger partial charge in [0.15, 0.2) is 5.69 Å². The lowest BCUT2D eigenvalue weighted by Crippen LogP contribution is -2.55. The van der Waals surface area contributed by atoms with Crippen LogP contribution < -0.4 is 10.1 Å². The van der Waals surface area contributed by atoms with Crippen LogP contribution in [0.15, 0.2) is 40.8 Å². The number of halogens is 3. The highest BCUT2D eigenvalue weighted by molar-refractivity contribution is 7.14. The molecule has 0 fully saturated rings. The third-order valence-corrected chi connectivity index (χ3v) is 4.54. The third-order valence-electron chi connectivity index (χ3n) is 3.73. The molecule has 0 unspecified atom stereocenters. The highest BCUT2D eigenvalue weighted by atomic mass is 32.1.